The summed E-state index contributed by atoms with van der Waals surface area (Å²) >= 11 is 3.81. The molecule has 0 aromatic carbocycles. The third-order valence-corrected chi connectivity index (χ3v) is 1.90. The molecule has 1 atom stereocenters. The normalized spacial score (nSPS) is 16.8. The molecule has 0 aromatic heterocycles. The summed E-state index contributed by atoms with van der Waals surface area (Å²) in [5.41, 5.74) is 4.23. The van der Waals surface area contributed by atoms with Gasteiger partial charge in [-0.2, -0.15) is 12.6 Å². The predicted molar refractivity (Wildman–Crippen MR) is 38.7 cm³/mol. The van der Waals surface area contributed by atoms with Gasteiger partial charge in [0.15, 0.2) is 0 Å². The number of carboxylic acid groups (broad SMARTS) is 1. The molecule has 3 nitrogen and oxygen atoms in total. The first-order valence-electron chi connectivity index (χ1n) is 2.70. The highest BCUT2D eigenvalue weighted by Crippen LogP contribution is 2.07. The van der Waals surface area contributed by atoms with Crippen LogP contribution >= 0.6 is 12.6 Å². The fourth-order valence-corrected chi connectivity index (χ4v) is 0.690. The molecule has 0 radical (unpaired) electrons. The molecule has 0 bridgehead atoms. The maximum atomic E-state index is 10.3. The van der Waals surface area contributed by atoms with Crippen LogP contribution in [0.4, 0.5) is 0 Å². The van der Waals surface area contributed by atoms with Crippen LogP contribution in [0.25, 0.3) is 0 Å². The van der Waals surface area contributed by atoms with Crippen LogP contribution in [0.2, 0.25) is 0 Å². The minimum Gasteiger partial charge on any atom is -0.480 e. The van der Waals surface area contributed by atoms with Gasteiger partial charge in [-0.25, -0.2) is 0 Å². The fraction of sp³-hybridized carbons (Fsp3) is 0.800. The van der Waals surface area contributed by atoms with Gasteiger partial charge in [-0.1, -0.05) is 6.92 Å². The lowest BCUT2D eigenvalue weighted by Crippen LogP contribution is -2.49. The van der Waals surface area contributed by atoms with Crippen LogP contribution in [-0.4, -0.2) is 22.4 Å². The Morgan fingerprint density at radius 2 is 2.33 bits per heavy atom. The number of thiol groups is 1. The number of carboxylic acids is 1. The van der Waals surface area contributed by atoms with Crippen molar-refractivity contribution in [1.29, 1.82) is 0 Å². The van der Waals surface area contributed by atoms with Gasteiger partial charge >= 0.3 is 5.97 Å². The average Bonchev–Trinajstić information content (AvgIpc) is 1.86. The lowest BCUT2D eigenvalue weighted by atomic mass is 10.0. The highest BCUT2D eigenvalue weighted by molar-refractivity contribution is 7.80. The molecule has 3 N–H and O–H groups in total. The molecule has 0 saturated carbocycles. The molecule has 0 spiro atoms. The summed E-state index contributed by atoms with van der Waals surface area (Å²) in [5.74, 6) is -0.807. The molecule has 0 aromatic rings. The second-order valence-electron chi connectivity index (χ2n) is 1.97. The summed E-state index contributed by atoms with van der Waals surface area (Å²) < 4.78 is 0. The Morgan fingerprint density at radius 3 is 2.33 bits per heavy atom. The minimum absolute atomic E-state index is 0.179. The van der Waals surface area contributed by atoms with Gasteiger partial charge in [-0.05, 0) is 6.42 Å². The molecular formula is C5H11NO2S. The van der Waals surface area contributed by atoms with E-state index in [-0.39, 0.29) is 5.75 Å². The van der Waals surface area contributed by atoms with E-state index in [1.54, 1.807) is 6.92 Å². The summed E-state index contributed by atoms with van der Waals surface area (Å²) in [6, 6.07) is 0. The number of hydrogen-bond acceptors (Lipinski definition) is 3. The lowest BCUT2D eigenvalue weighted by Gasteiger charge is -2.19. The number of carbonyl (C=O) groups is 1. The minimum atomic E-state index is -1.14. The first kappa shape index (κ1) is 8.78. The SMILES string of the molecule is CCC(N)(CS)C(=O)O. The summed E-state index contributed by atoms with van der Waals surface area (Å²) in [6.07, 6.45) is 0.409. The van der Waals surface area contributed by atoms with E-state index in [0.717, 1.165) is 0 Å². The van der Waals surface area contributed by atoms with Gasteiger partial charge in [0.2, 0.25) is 0 Å². The maximum Gasteiger partial charge on any atom is 0.324 e. The predicted octanol–water partition coefficient (Wildman–Crippen LogP) is 0.108. The third-order valence-electron chi connectivity index (χ3n) is 1.34. The van der Waals surface area contributed by atoms with E-state index >= 15 is 0 Å². The Labute approximate surface area is 59.6 Å². The van der Waals surface area contributed by atoms with Crippen molar-refractivity contribution >= 4 is 18.6 Å². The van der Waals surface area contributed by atoms with Crippen molar-refractivity contribution in [2.75, 3.05) is 5.75 Å². The van der Waals surface area contributed by atoms with Gasteiger partial charge in [0, 0.05) is 5.75 Å². The second-order valence-corrected chi connectivity index (χ2v) is 2.29. The van der Waals surface area contributed by atoms with Crippen molar-refractivity contribution in [3.8, 4) is 0 Å². The highest BCUT2D eigenvalue weighted by Gasteiger charge is 2.29. The molecule has 0 aliphatic heterocycles. The zero-order valence-electron chi connectivity index (χ0n) is 5.29. The Bertz CT molecular complexity index is 112. The second kappa shape index (κ2) is 3.08. The van der Waals surface area contributed by atoms with Crippen LogP contribution in [0, 0.1) is 0 Å². The summed E-state index contributed by atoms with van der Waals surface area (Å²) in [4.78, 5) is 10.3. The van der Waals surface area contributed by atoms with Crippen molar-refractivity contribution in [2.24, 2.45) is 5.73 Å². The quantitative estimate of drug-likeness (QED) is 0.499. The van der Waals surface area contributed by atoms with Crippen LogP contribution in [0.5, 0.6) is 0 Å². The van der Waals surface area contributed by atoms with Crippen molar-refractivity contribution in [1.82, 2.24) is 0 Å². The number of rotatable bonds is 3. The number of aliphatic carboxylic acids is 1. The molecule has 9 heavy (non-hydrogen) atoms. The average molecular weight is 149 g/mol. The Balaban J connectivity index is 4.09. The highest BCUT2D eigenvalue weighted by atomic mass is 32.1. The van der Waals surface area contributed by atoms with E-state index in [1.807, 2.05) is 0 Å². The van der Waals surface area contributed by atoms with E-state index in [9.17, 15) is 4.79 Å². The Hall–Kier alpha value is -0.220. The molecule has 0 heterocycles. The van der Waals surface area contributed by atoms with Crippen molar-refractivity contribution in [3.05, 3.63) is 0 Å². The van der Waals surface area contributed by atoms with Gasteiger partial charge in [0.1, 0.15) is 5.54 Å². The van der Waals surface area contributed by atoms with E-state index in [1.165, 1.54) is 0 Å². The van der Waals surface area contributed by atoms with Gasteiger partial charge in [-0.3, -0.25) is 4.79 Å². The first-order valence-corrected chi connectivity index (χ1v) is 3.33. The van der Waals surface area contributed by atoms with E-state index in [2.05, 4.69) is 12.6 Å². The smallest absolute Gasteiger partial charge is 0.324 e. The summed E-state index contributed by atoms with van der Waals surface area (Å²) in [6.45, 7) is 1.73. The van der Waals surface area contributed by atoms with Crippen LogP contribution in [0.3, 0.4) is 0 Å². The topological polar surface area (TPSA) is 63.3 Å². The number of nitrogens with two attached hydrogens (primary N) is 1. The van der Waals surface area contributed by atoms with Crippen molar-refractivity contribution in [2.45, 2.75) is 18.9 Å². The molecule has 4 heteroatoms. The van der Waals surface area contributed by atoms with E-state index < -0.39 is 11.5 Å². The molecule has 54 valence electrons. The molecule has 1 unspecified atom stereocenters. The van der Waals surface area contributed by atoms with Crippen molar-refractivity contribution < 1.29 is 9.90 Å². The van der Waals surface area contributed by atoms with Crippen LogP contribution in [-0.2, 0) is 4.79 Å². The molecular weight excluding hydrogens is 138 g/mol. The molecule has 0 aliphatic rings. The summed E-state index contributed by atoms with van der Waals surface area (Å²) in [5, 5.41) is 8.46. The first-order chi connectivity index (χ1) is 4.06. The fourth-order valence-electron chi connectivity index (χ4n) is 0.331. The molecule has 0 fully saturated rings. The Kier molecular flexibility index (Phi) is 3.00. The molecule has 0 saturated heterocycles. The monoisotopic (exact) mass is 149 g/mol. The lowest BCUT2D eigenvalue weighted by molar-refractivity contribution is -0.142. The van der Waals surface area contributed by atoms with E-state index in [0.29, 0.717) is 6.42 Å². The zero-order chi connectivity index (χ0) is 7.49. The largest absolute Gasteiger partial charge is 0.480 e. The van der Waals surface area contributed by atoms with E-state index in [4.69, 9.17) is 10.8 Å². The van der Waals surface area contributed by atoms with Crippen LogP contribution < -0.4 is 5.73 Å². The third kappa shape index (κ3) is 1.87. The summed E-state index contributed by atoms with van der Waals surface area (Å²) in [7, 11) is 0. The van der Waals surface area contributed by atoms with Gasteiger partial charge in [0.25, 0.3) is 0 Å². The maximum absolute atomic E-state index is 10.3. The van der Waals surface area contributed by atoms with Gasteiger partial charge in [0.05, 0.1) is 0 Å². The number of hydrogen-bond donors (Lipinski definition) is 3. The zero-order valence-corrected chi connectivity index (χ0v) is 6.19. The standard InChI is InChI=1S/C5H11NO2S/c1-2-5(6,3-9)4(7)8/h9H,2-3,6H2,1H3,(H,7,8). The van der Waals surface area contributed by atoms with Crippen LogP contribution in [0.15, 0.2) is 0 Å². The molecule has 0 aliphatic carbocycles. The van der Waals surface area contributed by atoms with Gasteiger partial charge < -0.3 is 10.8 Å². The van der Waals surface area contributed by atoms with Crippen LogP contribution in [0.1, 0.15) is 13.3 Å². The molecule has 0 rings (SSSR count). The molecule has 0 amide bonds. The van der Waals surface area contributed by atoms with Gasteiger partial charge in [-0.15, -0.1) is 0 Å². The van der Waals surface area contributed by atoms with Crippen molar-refractivity contribution in [3.63, 3.8) is 0 Å². The Morgan fingerprint density at radius 1 is 1.89 bits per heavy atom.